The van der Waals surface area contributed by atoms with Crippen molar-refractivity contribution in [3.05, 3.63) is 40.3 Å². The van der Waals surface area contributed by atoms with Crippen LogP contribution in [0.5, 0.6) is 0 Å². The minimum absolute atomic E-state index is 0.239. The number of benzene rings is 1. The number of H-pyrrole nitrogens is 1. The molecule has 2 aromatic rings. The van der Waals surface area contributed by atoms with Gasteiger partial charge in [-0.25, -0.2) is 4.98 Å². The Hall–Kier alpha value is -2.15. The molecule has 1 N–H and O–H groups in total. The molecule has 0 aliphatic rings. The second-order valence-corrected chi connectivity index (χ2v) is 2.59. The maximum Gasteiger partial charge on any atom is 0.266 e. The van der Waals surface area contributed by atoms with Gasteiger partial charge in [0, 0.05) is 0 Å². The number of fused-ring (bicyclic) bond motifs is 1. The van der Waals surface area contributed by atoms with E-state index in [1.807, 2.05) is 6.07 Å². The fourth-order valence-corrected chi connectivity index (χ4v) is 1.11. The van der Waals surface area contributed by atoms with E-state index >= 15 is 0 Å². The zero-order valence-corrected chi connectivity index (χ0v) is 6.61. The molecule has 1 aromatic heterocycles. The molecular formula is C9H5N3O. The predicted octanol–water partition coefficient (Wildman–Crippen LogP) is 0.795. The fraction of sp³-hybridized carbons (Fsp3) is 0. The van der Waals surface area contributed by atoms with Crippen LogP contribution in [0.4, 0.5) is 0 Å². The average molecular weight is 171 g/mol. The molecule has 4 nitrogen and oxygen atoms in total. The van der Waals surface area contributed by atoms with E-state index < -0.39 is 0 Å². The Morgan fingerprint density at radius 1 is 1.46 bits per heavy atom. The second kappa shape index (κ2) is 2.72. The van der Waals surface area contributed by atoms with Crippen molar-refractivity contribution in [2.24, 2.45) is 0 Å². The van der Waals surface area contributed by atoms with Crippen LogP contribution in [-0.4, -0.2) is 9.97 Å². The van der Waals surface area contributed by atoms with E-state index in [0.717, 1.165) is 0 Å². The number of nitriles is 1. The molecule has 1 aromatic carbocycles. The largest absolute Gasteiger partial charge is 0.319 e. The zero-order chi connectivity index (χ0) is 9.26. The Morgan fingerprint density at radius 2 is 2.31 bits per heavy atom. The first-order valence-electron chi connectivity index (χ1n) is 3.69. The van der Waals surface area contributed by atoms with Gasteiger partial charge in [0.25, 0.3) is 5.56 Å². The quantitative estimate of drug-likeness (QED) is 0.637. The van der Waals surface area contributed by atoms with Crippen LogP contribution in [0.3, 0.4) is 0 Å². The smallest absolute Gasteiger partial charge is 0.266 e. The summed E-state index contributed by atoms with van der Waals surface area (Å²) >= 11 is 0. The van der Waals surface area contributed by atoms with Crippen molar-refractivity contribution in [2.75, 3.05) is 0 Å². The summed E-state index contributed by atoms with van der Waals surface area (Å²) in [6, 6.07) is 6.94. The molecule has 4 heteroatoms. The van der Waals surface area contributed by atoms with Crippen molar-refractivity contribution in [1.29, 1.82) is 5.26 Å². The summed E-state index contributed by atoms with van der Waals surface area (Å²) in [6.07, 6.45) is 1.20. The number of aromatic nitrogens is 2. The summed E-state index contributed by atoms with van der Waals surface area (Å²) in [6.45, 7) is 0. The summed E-state index contributed by atoms with van der Waals surface area (Å²) in [5.41, 5.74) is 1.56. The van der Waals surface area contributed by atoms with Gasteiger partial charge in [-0.05, 0) is 18.2 Å². The van der Waals surface area contributed by atoms with E-state index in [1.165, 1.54) is 6.20 Å². The SMILES string of the molecule is N#Cc1ccc2[nH]c(=O)cnc2c1. The molecule has 0 unspecified atom stereocenters. The normalized spacial score (nSPS) is 9.77. The van der Waals surface area contributed by atoms with Crippen molar-refractivity contribution in [3.8, 4) is 6.07 Å². The van der Waals surface area contributed by atoms with Crippen molar-refractivity contribution >= 4 is 11.0 Å². The molecule has 1 heterocycles. The summed E-state index contributed by atoms with van der Waals surface area (Å²) in [5.74, 6) is 0. The van der Waals surface area contributed by atoms with Crippen LogP contribution in [0, 0.1) is 11.3 Å². The lowest BCUT2D eigenvalue weighted by molar-refractivity contribution is 1.22. The van der Waals surface area contributed by atoms with Crippen LogP contribution in [0.1, 0.15) is 5.56 Å². The minimum Gasteiger partial charge on any atom is -0.319 e. The van der Waals surface area contributed by atoms with Gasteiger partial charge in [0.05, 0.1) is 28.9 Å². The van der Waals surface area contributed by atoms with Crippen molar-refractivity contribution in [2.45, 2.75) is 0 Å². The maximum absolute atomic E-state index is 10.9. The fourth-order valence-electron chi connectivity index (χ4n) is 1.11. The third-order valence-corrected chi connectivity index (χ3v) is 1.71. The predicted molar refractivity (Wildman–Crippen MR) is 47.1 cm³/mol. The Morgan fingerprint density at radius 3 is 3.08 bits per heavy atom. The summed E-state index contributed by atoms with van der Waals surface area (Å²) in [4.78, 5) is 17.4. The minimum atomic E-state index is -0.239. The highest BCUT2D eigenvalue weighted by atomic mass is 16.1. The van der Waals surface area contributed by atoms with Crippen molar-refractivity contribution < 1.29 is 0 Å². The van der Waals surface area contributed by atoms with Gasteiger partial charge in [0.15, 0.2) is 0 Å². The van der Waals surface area contributed by atoms with E-state index in [1.54, 1.807) is 18.2 Å². The average Bonchev–Trinajstić information content (AvgIpc) is 2.17. The molecule has 0 radical (unpaired) electrons. The first-order valence-corrected chi connectivity index (χ1v) is 3.69. The Labute approximate surface area is 73.5 Å². The third kappa shape index (κ3) is 1.27. The lowest BCUT2D eigenvalue weighted by atomic mass is 10.2. The highest BCUT2D eigenvalue weighted by molar-refractivity contribution is 5.75. The molecule has 0 saturated heterocycles. The standard InChI is InChI=1S/C9H5N3O/c10-4-6-1-2-7-8(3-6)11-5-9(13)12-7/h1-3,5H,(H,12,13). The molecule has 0 saturated carbocycles. The van der Waals surface area contributed by atoms with Gasteiger partial charge >= 0.3 is 0 Å². The topological polar surface area (TPSA) is 69.5 Å². The van der Waals surface area contributed by atoms with E-state index in [-0.39, 0.29) is 5.56 Å². The van der Waals surface area contributed by atoms with E-state index in [2.05, 4.69) is 9.97 Å². The molecule has 0 bridgehead atoms. The number of rotatable bonds is 0. The first kappa shape index (κ1) is 7.50. The van der Waals surface area contributed by atoms with Gasteiger partial charge in [-0.15, -0.1) is 0 Å². The number of hydrogen-bond donors (Lipinski definition) is 1. The lowest BCUT2D eigenvalue weighted by Gasteiger charge is -1.94. The monoisotopic (exact) mass is 171 g/mol. The molecule has 0 atom stereocenters. The molecule has 0 fully saturated rings. The summed E-state index contributed by atoms with van der Waals surface area (Å²) < 4.78 is 0. The van der Waals surface area contributed by atoms with Crippen LogP contribution < -0.4 is 5.56 Å². The molecule has 0 spiro atoms. The maximum atomic E-state index is 10.9. The van der Waals surface area contributed by atoms with E-state index in [0.29, 0.717) is 16.6 Å². The van der Waals surface area contributed by atoms with Gasteiger partial charge in [-0.3, -0.25) is 4.79 Å². The van der Waals surface area contributed by atoms with Crippen molar-refractivity contribution in [1.82, 2.24) is 9.97 Å². The molecule has 0 amide bonds. The Bertz CT molecular complexity index is 551. The van der Waals surface area contributed by atoms with Gasteiger partial charge in [0.1, 0.15) is 0 Å². The lowest BCUT2D eigenvalue weighted by Crippen LogP contribution is -2.04. The van der Waals surface area contributed by atoms with Crippen LogP contribution in [0.25, 0.3) is 11.0 Å². The van der Waals surface area contributed by atoms with Gasteiger partial charge < -0.3 is 4.98 Å². The summed E-state index contributed by atoms with van der Waals surface area (Å²) in [7, 11) is 0. The number of hydrogen-bond acceptors (Lipinski definition) is 3. The van der Waals surface area contributed by atoms with Gasteiger partial charge in [0.2, 0.25) is 0 Å². The second-order valence-electron chi connectivity index (χ2n) is 2.59. The molecule has 62 valence electrons. The highest BCUT2D eigenvalue weighted by Gasteiger charge is 1.96. The van der Waals surface area contributed by atoms with E-state index in [4.69, 9.17) is 5.26 Å². The Balaban J connectivity index is 2.82. The Kier molecular flexibility index (Phi) is 1.57. The molecular weight excluding hydrogens is 166 g/mol. The summed E-state index contributed by atoms with van der Waals surface area (Å²) in [5, 5.41) is 8.60. The molecule has 2 rings (SSSR count). The van der Waals surface area contributed by atoms with Crippen LogP contribution in [0.2, 0.25) is 0 Å². The van der Waals surface area contributed by atoms with Gasteiger partial charge in [-0.1, -0.05) is 0 Å². The van der Waals surface area contributed by atoms with Crippen molar-refractivity contribution in [3.63, 3.8) is 0 Å². The van der Waals surface area contributed by atoms with Crippen LogP contribution in [0.15, 0.2) is 29.2 Å². The number of aromatic amines is 1. The van der Waals surface area contributed by atoms with Crippen LogP contribution in [-0.2, 0) is 0 Å². The third-order valence-electron chi connectivity index (χ3n) is 1.71. The zero-order valence-electron chi connectivity index (χ0n) is 6.61. The van der Waals surface area contributed by atoms with E-state index in [9.17, 15) is 4.79 Å². The molecule has 13 heavy (non-hydrogen) atoms. The molecule has 0 aliphatic carbocycles. The number of nitrogens with zero attached hydrogens (tertiary/aromatic N) is 2. The molecule has 0 aliphatic heterocycles. The van der Waals surface area contributed by atoms with Gasteiger partial charge in [-0.2, -0.15) is 5.26 Å². The number of nitrogens with one attached hydrogen (secondary N) is 1. The van der Waals surface area contributed by atoms with Crippen LogP contribution >= 0.6 is 0 Å². The first-order chi connectivity index (χ1) is 6.29. The highest BCUT2D eigenvalue weighted by Crippen LogP contribution is 2.08.